The van der Waals surface area contributed by atoms with Crippen molar-refractivity contribution < 1.29 is 48.9 Å². The smallest absolute Gasteiger partial charge is 0.401 e. The minimum Gasteiger partial charge on any atom is -0.550 e. The topological polar surface area (TPSA) is 187 Å². The number of aliphatic carboxylic acids is 2. The molecule has 0 aliphatic rings. The molecule has 13 heteroatoms. The van der Waals surface area contributed by atoms with Gasteiger partial charge in [-0.15, -0.1) is 0 Å². The third-order valence-electron chi connectivity index (χ3n) is 1.97. The fraction of sp³-hybridized carbons (Fsp3) is 0.800. The summed E-state index contributed by atoms with van der Waals surface area (Å²) in [4.78, 5) is 36.4. The molecule has 1 radical (unpaired) electrons. The predicted octanol–water partition coefficient (Wildman–Crippen LogP) is -4.07. The Hall–Kier alpha value is 0.566. The van der Waals surface area contributed by atoms with E-state index in [-0.39, 0.29) is 57.8 Å². The molecule has 0 heterocycles. The van der Waals surface area contributed by atoms with Crippen LogP contribution in [0, 0.1) is 0 Å². The summed E-state index contributed by atoms with van der Waals surface area (Å²) in [6.07, 6.45) is -1.09. The summed E-state index contributed by atoms with van der Waals surface area (Å²) in [6.45, 7) is -0.450. The van der Waals surface area contributed by atoms with Crippen LogP contribution in [0.5, 0.6) is 0 Å². The number of rotatable bonds is 8. The molecule has 0 rings (SSSR count). The number of aliphatic hydroxyl groups excluding tert-OH is 2. The molecular formula is C10H23KN2O9P. The van der Waals surface area contributed by atoms with E-state index in [1.54, 1.807) is 0 Å². The zero-order chi connectivity index (χ0) is 18.1. The molecule has 6 N–H and O–H groups in total. The van der Waals surface area contributed by atoms with E-state index < -0.39 is 38.4 Å². The Morgan fingerprint density at radius 2 is 1.70 bits per heavy atom. The maximum atomic E-state index is 10.1. The third-order valence-corrected chi connectivity index (χ3v) is 2.61. The van der Waals surface area contributed by atoms with Crippen molar-refractivity contribution in [2.24, 2.45) is 0 Å². The number of carbonyl (C=O) groups excluding carboxylic acids is 1. The van der Waals surface area contributed by atoms with Crippen molar-refractivity contribution in [2.45, 2.75) is 18.6 Å². The molecule has 0 aliphatic heterocycles. The molecule has 0 fully saturated rings. The Bertz CT molecular complexity index is 410. The number of nitrogens with one attached hydrogen (secondary N) is 1. The number of likely N-dealkylation sites (N-methyl/N-ethyl adjacent to an activating group) is 1. The van der Waals surface area contributed by atoms with E-state index >= 15 is 0 Å². The Morgan fingerprint density at radius 1 is 1.26 bits per heavy atom. The molecular weight excluding hydrogens is 362 g/mol. The van der Waals surface area contributed by atoms with Crippen molar-refractivity contribution in [1.29, 1.82) is 0 Å². The Labute approximate surface area is 176 Å². The summed E-state index contributed by atoms with van der Waals surface area (Å²) in [6, 6.07) is -1.63. The summed E-state index contributed by atoms with van der Waals surface area (Å²) < 4.78 is 10.7. The zero-order valence-corrected chi connectivity index (χ0v) is 17.6. The normalized spacial score (nSPS) is 13.9. The first-order valence-electron chi connectivity index (χ1n) is 6.03. The first-order valence-corrected chi connectivity index (χ1v) is 7.64. The molecule has 0 unspecified atom stereocenters. The van der Waals surface area contributed by atoms with E-state index in [2.05, 4.69) is 0 Å². The van der Waals surface area contributed by atoms with E-state index in [0.717, 1.165) is 0 Å². The second-order valence-electron chi connectivity index (χ2n) is 5.45. The molecule has 0 spiro atoms. The average Bonchev–Trinajstić information content (AvgIpc) is 2.21. The molecule has 23 heavy (non-hydrogen) atoms. The van der Waals surface area contributed by atoms with E-state index in [0.29, 0.717) is 11.0 Å². The number of aliphatic hydroxyl groups is 2. The Kier molecular flexibility index (Phi) is 15.9. The van der Waals surface area contributed by atoms with Crippen LogP contribution in [0.1, 0.15) is 6.42 Å². The first-order chi connectivity index (χ1) is 9.68. The number of hydrogen-bond donors (Lipinski definition) is 6. The van der Waals surface area contributed by atoms with Crippen LogP contribution in [-0.2, 0) is 14.2 Å². The predicted molar refractivity (Wildman–Crippen MR) is 78.0 cm³/mol. The van der Waals surface area contributed by atoms with E-state index in [1.807, 2.05) is 21.1 Å². The summed E-state index contributed by atoms with van der Waals surface area (Å²) >= 11 is 0. The van der Waals surface area contributed by atoms with Gasteiger partial charge in [-0.2, -0.15) is 0 Å². The largest absolute Gasteiger partial charge is 0.550 e. The molecule has 2 atom stereocenters. The van der Waals surface area contributed by atoms with Gasteiger partial charge in [0.15, 0.2) is 0 Å². The molecule has 0 bridgehead atoms. The van der Waals surface area contributed by atoms with Crippen LogP contribution in [0.15, 0.2) is 0 Å². The van der Waals surface area contributed by atoms with Gasteiger partial charge in [0, 0.05) is 63.8 Å². The zero-order valence-electron chi connectivity index (χ0n) is 13.5. The quantitative estimate of drug-likeness (QED) is 0.136. The second-order valence-corrected chi connectivity index (χ2v) is 6.80. The number of carboxylic acid groups (broad SMARTS) is 2. The molecule has 0 saturated carbocycles. The number of hydrogen-bond acceptors (Lipinski definition) is 6. The summed E-state index contributed by atoms with van der Waals surface area (Å²) in [5.41, 5.74) is 0. The summed E-state index contributed by atoms with van der Waals surface area (Å²) in [7, 11) is 1.08. The maximum Gasteiger partial charge on any atom is 0.401 e. The van der Waals surface area contributed by atoms with Gasteiger partial charge in [0.1, 0.15) is 18.7 Å². The standard InChI is InChI=1S/C7H15NO3.C3H8NO6P.K/c1-8(2,3)5-6(9)4-7(10)11;5-1-2(3(6)7)4-11(8,9)10;/h6,9H,4-5H2,1-3H3;2,5H,1H2,(H,6,7)(H3,4,8,9,10);/t6-;2-;/m10./s1. The van der Waals surface area contributed by atoms with Crippen LogP contribution in [0.25, 0.3) is 0 Å². The maximum absolute atomic E-state index is 10.1. The van der Waals surface area contributed by atoms with Gasteiger partial charge in [0.05, 0.1) is 27.7 Å². The third kappa shape index (κ3) is 22.6. The van der Waals surface area contributed by atoms with Gasteiger partial charge in [-0.25, -0.2) is 9.65 Å². The van der Waals surface area contributed by atoms with Gasteiger partial charge in [-0.3, -0.25) is 4.79 Å². The van der Waals surface area contributed by atoms with Crippen molar-refractivity contribution >= 4 is 71.1 Å². The number of carboxylic acids is 2. The van der Waals surface area contributed by atoms with Gasteiger partial charge in [-0.05, 0) is 0 Å². The fourth-order valence-electron chi connectivity index (χ4n) is 1.27. The van der Waals surface area contributed by atoms with Crippen molar-refractivity contribution in [3.63, 3.8) is 0 Å². The van der Waals surface area contributed by atoms with Crippen LogP contribution in [0.2, 0.25) is 0 Å². The van der Waals surface area contributed by atoms with Crippen LogP contribution in [0.4, 0.5) is 0 Å². The van der Waals surface area contributed by atoms with Crippen molar-refractivity contribution in [1.82, 2.24) is 5.09 Å². The van der Waals surface area contributed by atoms with E-state index in [9.17, 15) is 19.3 Å². The van der Waals surface area contributed by atoms with Gasteiger partial charge in [0.25, 0.3) is 0 Å². The molecule has 0 aromatic heterocycles. The van der Waals surface area contributed by atoms with Crippen LogP contribution >= 0.6 is 7.75 Å². The van der Waals surface area contributed by atoms with E-state index in [1.165, 1.54) is 5.09 Å². The van der Waals surface area contributed by atoms with Gasteiger partial charge >= 0.3 is 13.7 Å². The van der Waals surface area contributed by atoms with Crippen molar-refractivity contribution in [3.8, 4) is 0 Å². The molecule has 0 saturated heterocycles. The van der Waals surface area contributed by atoms with Gasteiger partial charge in [0.2, 0.25) is 0 Å². The number of carbonyl (C=O) groups is 2. The van der Waals surface area contributed by atoms with Crippen molar-refractivity contribution in [2.75, 3.05) is 34.3 Å². The number of nitrogens with zero attached hydrogens (tertiary/aromatic N) is 1. The van der Waals surface area contributed by atoms with Crippen LogP contribution < -0.4 is 10.2 Å². The second kappa shape index (κ2) is 12.9. The minimum absolute atomic E-state index is 0. The number of quaternary nitrogens is 1. The summed E-state index contributed by atoms with van der Waals surface area (Å²) in [5.74, 6) is -2.72. The Morgan fingerprint density at radius 3 is 1.87 bits per heavy atom. The molecule has 11 nitrogen and oxygen atoms in total. The average molecular weight is 385 g/mol. The minimum atomic E-state index is -4.58. The van der Waals surface area contributed by atoms with E-state index in [4.69, 9.17) is 25.1 Å². The first kappa shape index (κ1) is 28.4. The molecule has 133 valence electrons. The monoisotopic (exact) mass is 385 g/mol. The Balaban J connectivity index is -0.000000333. The molecule has 0 aliphatic carbocycles. The van der Waals surface area contributed by atoms with Crippen molar-refractivity contribution in [3.05, 3.63) is 0 Å². The SMILES string of the molecule is C[N+](C)(C)C[C@H](O)CC(=O)[O-].O=C(O)[C@H](CO)NP(=O)(O)O.[K]. The summed E-state index contributed by atoms with van der Waals surface area (Å²) in [5, 5.41) is 37.0. The fourth-order valence-corrected chi connectivity index (χ4v) is 1.86. The molecule has 0 aromatic carbocycles. The van der Waals surface area contributed by atoms with Crippen LogP contribution in [0.3, 0.4) is 0 Å². The molecule has 0 aromatic rings. The van der Waals surface area contributed by atoms with Gasteiger partial charge in [-0.1, -0.05) is 0 Å². The molecule has 0 amide bonds. The van der Waals surface area contributed by atoms with Crippen LogP contribution in [-0.4, -0.2) is 139 Å². The van der Waals surface area contributed by atoms with Gasteiger partial charge < -0.3 is 39.5 Å².